The largest absolute Gasteiger partial charge is 0.298 e. The van der Waals surface area contributed by atoms with E-state index in [-0.39, 0.29) is 5.56 Å². The van der Waals surface area contributed by atoms with Gasteiger partial charge in [0.05, 0.1) is 0 Å². The molecule has 2 aromatic carbocycles. The second kappa shape index (κ2) is 6.79. The van der Waals surface area contributed by atoms with Gasteiger partial charge in [-0.05, 0) is 19.4 Å². The topological polar surface area (TPSA) is 58.6 Å². The zero-order chi connectivity index (χ0) is 16.2. The fourth-order valence-corrected chi connectivity index (χ4v) is 2.99. The molecular weight excluding hydrogens is 306 g/mol. The van der Waals surface area contributed by atoms with Gasteiger partial charge in [-0.15, -0.1) is 10.2 Å². The minimum atomic E-state index is -0.212. The smallest absolute Gasteiger partial charge is 0.278 e. The van der Waals surface area contributed by atoms with Gasteiger partial charge >= 0.3 is 0 Å². The first-order chi connectivity index (χ1) is 11.1. The average Bonchev–Trinajstić information content (AvgIpc) is 2.54. The van der Waals surface area contributed by atoms with Gasteiger partial charge in [0, 0.05) is 11.3 Å². The Hall–Kier alpha value is -2.40. The summed E-state index contributed by atoms with van der Waals surface area (Å²) in [7, 11) is 0. The molecule has 5 heteroatoms. The van der Waals surface area contributed by atoms with Gasteiger partial charge in [-0.25, -0.2) is 0 Å². The molecule has 0 saturated heterocycles. The molecule has 0 aliphatic heterocycles. The Labute approximate surface area is 139 Å². The van der Waals surface area contributed by atoms with E-state index in [1.54, 1.807) is 0 Å². The van der Waals surface area contributed by atoms with Crippen LogP contribution in [-0.4, -0.2) is 15.2 Å². The molecule has 0 saturated carbocycles. The Kier molecular flexibility index (Phi) is 4.57. The third kappa shape index (κ3) is 3.87. The predicted molar refractivity (Wildman–Crippen MR) is 93.6 cm³/mol. The van der Waals surface area contributed by atoms with Crippen molar-refractivity contribution < 1.29 is 0 Å². The number of hydrogen-bond donors (Lipinski definition) is 1. The van der Waals surface area contributed by atoms with Crippen LogP contribution in [0.4, 0.5) is 0 Å². The molecule has 0 fully saturated rings. The maximum Gasteiger partial charge on any atom is 0.278 e. The lowest BCUT2D eigenvalue weighted by molar-refractivity contribution is 0.824. The molecule has 1 aromatic heterocycles. The van der Waals surface area contributed by atoms with E-state index < -0.39 is 0 Å². The van der Waals surface area contributed by atoms with Crippen LogP contribution >= 0.6 is 11.8 Å². The molecule has 116 valence electrons. The zero-order valence-electron chi connectivity index (χ0n) is 13.0. The van der Waals surface area contributed by atoms with E-state index in [0.717, 1.165) is 16.9 Å². The van der Waals surface area contributed by atoms with Crippen molar-refractivity contribution in [3.8, 4) is 11.3 Å². The average molecular weight is 323 g/mol. The van der Waals surface area contributed by atoms with Crippen molar-refractivity contribution in [2.24, 2.45) is 0 Å². The summed E-state index contributed by atoms with van der Waals surface area (Å²) >= 11 is 1.47. The summed E-state index contributed by atoms with van der Waals surface area (Å²) in [5, 5.41) is 8.76. The lowest BCUT2D eigenvalue weighted by Gasteiger charge is -2.04. The lowest BCUT2D eigenvalue weighted by atomic mass is 10.1. The molecule has 0 amide bonds. The first-order valence-electron chi connectivity index (χ1n) is 7.34. The maximum atomic E-state index is 12.2. The van der Waals surface area contributed by atoms with Gasteiger partial charge in [-0.2, -0.15) is 0 Å². The summed E-state index contributed by atoms with van der Waals surface area (Å²) < 4.78 is 0. The fraction of sp³-hybridized carbons (Fsp3) is 0.167. The van der Waals surface area contributed by atoms with Gasteiger partial charge < -0.3 is 0 Å². The van der Waals surface area contributed by atoms with E-state index in [4.69, 9.17) is 0 Å². The minimum absolute atomic E-state index is 0.212. The minimum Gasteiger partial charge on any atom is -0.298 e. The SMILES string of the molecule is Cc1ccc(-c2nnc(SCc3cccc(C)c3)[nH]c2=O)cc1. The second-order valence-electron chi connectivity index (χ2n) is 5.45. The van der Waals surface area contributed by atoms with E-state index in [1.165, 1.54) is 22.9 Å². The molecular formula is C18H17N3OS. The Morgan fingerprint density at radius 3 is 2.48 bits per heavy atom. The Morgan fingerprint density at radius 2 is 1.78 bits per heavy atom. The summed E-state index contributed by atoms with van der Waals surface area (Å²) in [4.78, 5) is 15.0. The highest BCUT2D eigenvalue weighted by Gasteiger charge is 2.08. The molecule has 23 heavy (non-hydrogen) atoms. The van der Waals surface area contributed by atoms with Crippen LogP contribution in [-0.2, 0) is 5.75 Å². The molecule has 0 aliphatic carbocycles. The summed E-state index contributed by atoms with van der Waals surface area (Å²) in [5.74, 6) is 0.746. The van der Waals surface area contributed by atoms with Crippen molar-refractivity contribution in [2.45, 2.75) is 24.8 Å². The van der Waals surface area contributed by atoms with Crippen molar-refractivity contribution >= 4 is 11.8 Å². The number of H-pyrrole nitrogens is 1. The van der Waals surface area contributed by atoms with Crippen molar-refractivity contribution in [1.29, 1.82) is 0 Å². The van der Waals surface area contributed by atoms with Crippen LogP contribution in [0.2, 0.25) is 0 Å². The first kappa shape index (κ1) is 15.5. The van der Waals surface area contributed by atoms with Crippen LogP contribution < -0.4 is 5.56 Å². The molecule has 0 aliphatic rings. The van der Waals surface area contributed by atoms with Crippen LogP contribution in [0.5, 0.6) is 0 Å². The number of aromatic nitrogens is 3. The molecule has 3 rings (SSSR count). The monoisotopic (exact) mass is 323 g/mol. The Bertz CT molecular complexity index is 872. The summed E-state index contributed by atoms with van der Waals surface area (Å²) in [6.07, 6.45) is 0. The van der Waals surface area contributed by atoms with E-state index >= 15 is 0 Å². The molecule has 0 atom stereocenters. The van der Waals surface area contributed by atoms with Gasteiger partial charge in [-0.1, -0.05) is 71.4 Å². The third-order valence-corrected chi connectivity index (χ3v) is 4.39. The van der Waals surface area contributed by atoms with Crippen LogP contribution in [0.25, 0.3) is 11.3 Å². The molecule has 0 spiro atoms. The van der Waals surface area contributed by atoms with Crippen LogP contribution in [0.1, 0.15) is 16.7 Å². The number of nitrogens with one attached hydrogen (secondary N) is 1. The standard InChI is InChI=1S/C18H17N3OS/c1-12-6-8-15(9-7-12)16-17(22)19-18(21-20-16)23-11-14-5-3-4-13(2)10-14/h3-10H,11H2,1-2H3,(H,19,21,22). The first-order valence-corrected chi connectivity index (χ1v) is 8.33. The van der Waals surface area contributed by atoms with Crippen molar-refractivity contribution in [3.05, 3.63) is 75.6 Å². The summed E-state index contributed by atoms with van der Waals surface area (Å²) in [6, 6.07) is 16.0. The molecule has 0 unspecified atom stereocenters. The highest BCUT2D eigenvalue weighted by Crippen LogP contribution is 2.19. The van der Waals surface area contributed by atoms with E-state index in [1.807, 2.05) is 37.3 Å². The molecule has 3 aromatic rings. The molecule has 1 N–H and O–H groups in total. The number of hydrogen-bond acceptors (Lipinski definition) is 4. The van der Waals surface area contributed by atoms with Gasteiger partial charge in [0.2, 0.25) is 0 Å². The molecule has 0 bridgehead atoms. The molecule has 4 nitrogen and oxygen atoms in total. The van der Waals surface area contributed by atoms with Gasteiger partial charge in [-0.3, -0.25) is 9.78 Å². The third-order valence-electron chi connectivity index (χ3n) is 3.46. The zero-order valence-corrected chi connectivity index (χ0v) is 13.9. The Morgan fingerprint density at radius 1 is 1.00 bits per heavy atom. The van der Waals surface area contributed by atoms with Gasteiger partial charge in [0.1, 0.15) is 0 Å². The van der Waals surface area contributed by atoms with Crippen molar-refractivity contribution in [1.82, 2.24) is 15.2 Å². The highest BCUT2D eigenvalue weighted by molar-refractivity contribution is 7.98. The highest BCUT2D eigenvalue weighted by atomic mass is 32.2. The summed E-state index contributed by atoms with van der Waals surface area (Å²) in [5.41, 5.74) is 4.47. The second-order valence-corrected chi connectivity index (χ2v) is 6.42. The number of aromatic amines is 1. The van der Waals surface area contributed by atoms with Gasteiger partial charge in [0.25, 0.3) is 5.56 Å². The van der Waals surface area contributed by atoms with Crippen LogP contribution in [0, 0.1) is 13.8 Å². The normalized spacial score (nSPS) is 10.7. The lowest BCUT2D eigenvalue weighted by Crippen LogP contribution is -2.14. The number of thioether (sulfide) groups is 1. The van der Waals surface area contributed by atoms with E-state index in [2.05, 4.69) is 40.3 Å². The number of aryl methyl sites for hydroxylation is 2. The number of rotatable bonds is 4. The van der Waals surface area contributed by atoms with E-state index in [9.17, 15) is 4.79 Å². The quantitative estimate of drug-likeness (QED) is 0.743. The van der Waals surface area contributed by atoms with Gasteiger partial charge in [0.15, 0.2) is 10.9 Å². The predicted octanol–water partition coefficient (Wildman–Crippen LogP) is 3.74. The molecule has 0 radical (unpaired) electrons. The maximum absolute atomic E-state index is 12.2. The molecule has 1 heterocycles. The fourth-order valence-electron chi connectivity index (χ4n) is 2.24. The van der Waals surface area contributed by atoms with Crippen molar-refractivity contribution in [3.63, 3.8) is 0 Å². The number of nitrogens with zero attached hydrogens (tertiary/aromatic N) is 2. The summed E-state index contributed by atoms with van der Waals surface area (Å²) in [6.45, 7) is 4.07. The number of benzene rings is 2. The van der Waals surface area contributed by atoms with E-state index in [0.29, 0.717) is 10.9 Å². The Balaban J connectivity index is 1.77. The van der Waals surface area contributed by atoms with Crippen LogP contribution in [0.3, 0.4) is 0 Å². The van der Waals surface area contributed by atoms with Crippen molar-refractivity contribution in [2.75, 3.05) is 0 Å². The van der Waals surface area contributed by atoms with Crippen LogP contribution in [0.15, 0.2) is 58.5 Å².